The van der Waals surface area contributed by atoms with Gasteiger partial charge in [-0.3, -0.25) is 0 Å². The van der Waals surface area contributed by atoms with Crippen molar-refractivity contribution in [2.75, 3.05) is 0 Å². The first kappa shape index (κ1) is 9.13. The van der Waals surface area contributed by atoms with Crippen molar-refractivity contribution in [3.8, 4) is 0 Å². The fraction of sp³-hybridized carbons (Fsp3) is 0.400. The lowest BCUT2D eigenvalue weighted by Gasteiger charge is -2.09. The maximum Gasteiger partial charge on any atom is 0.258 e. The van der Waals surface area contributed by atoms with E-state index in [-0.39, 0.29) is 6.42 Å². The fourth-order valence-electron chi connectivity index (χ4n) is 1.53. The van der Waals surface area contributed by atoms with Crippen LogP contribution >= 0.6 is 15.9 Å². The summed E-state index contributed by atoms with van der Waals surface area (Å²) in [6, 6.07) is 7.11. The predicted octanol–water partition coefficient (Wildman–Crippen LogP) is 3.75. The molecule has 1 aliphatic rings. The second-order valence-electron chi connectivity index (χ2n) is 3.72. The molecule has 0 heterocycles. The topological polar surface area (TPSA) is 0 Å². The lowest BCUT2D eigenvalue weighted by molar-refractivity contribution is 0.0920. The van der Waals surface area contributed by atoms with Crippen LogP contribution in [0.3, 0.4) is 0 Å². The summed E-state index contributed by atoms with van der Waals surface area (Å²) in [5.74, 6) is -2.51. The molecule has 1 unspecified atom stereocenters. The molecule has 0 spiro atoms. The third-order valence-electron chi connectivity index (χ3n) is 2.74. The summed E-state index contributed by atoms with van der Waals surface area (Å²) in [6.45, 7) is 1.61. The minimum absolute atomic E-state index is 0.0262. The number of halogens is 3. The Morgan fingerprint density at radius 2 is 1.69 bits per heavy atom. The summed E-state index contributed by atoms with van der Waals surface area (Å²) in [5.41, 5.74) is -0.200. The van der Waals surface area contributed by atoms with E-state index in [2.05, 4.69) is 15.9 Å². The van der Waals surface area contributed by atoms with Gasteiger partial charge in [0.1, 0.15) is 0 Å². The summed E-state index contributed by atoms with van der Waals surface area (Å²) in [7, 11) is 0. The smallest absolute Gasteiger partial charge is 0.206 e. The molecule has 0 nitrogen and oxygen atoms in total. The number of alkyl halides is 2. The van der Waals surface area contributed by atoms with Gasteiger partial charge in [0.25, 0.3) is 5.92 Å². The Labute approximate surface area is 84.1 Å². The van der Waals surface area contributed by atoms with E-state index in [0.717, 1.165) is 10.0 Å². The maximum absolute atomic E-state index is 13.0. The minimum atomic E-state index is -2.51. The summed E-state index contributed by atoms with van der Waals surface area (Å²) >= 11 is 3.27. The average molecular weight is 247 g/mol. The molecule has 1 saturated carbocycles. The van der Waals surface area contributed by atoms with Crippen molar-refractivity contribution in [2.24, 2.45) is 0 Å². The van der Waals surface area contributed by atoms with Crippen molar-refractivity contribution in [3.05, 3.63) is 34.3 Å². The van der Waals surface area contributed by atoms with Crippen LogP contribution in [0.25, 0.3) is 0 Å². The highest BCUT2D eigenvalue weighted by Gasteiger charge is 2.68. The zero-order valence-corrected chi connectivity index (χ0v) is 8.74. The minimum Gasteiger partial charge on any atom is -0.206 e. The van der Waals surface area contributed by atoms with Crippen LogP contribution in [0.1, 0.15) is 18.9 Å². The summed E-state index contributed by atoms with van der Waals surface area (Å²) in [4.78, 5) is 0. The molecule has 0 amide bonds. The second kappa shape index (κ2) is 2.53. The molecule has 2 rings (SSSR count). The van der Waals surface area contributed by atoms with E-state index in [1.807, 2.05) is 0 Å². The SMILES string of the molecule is CC1(c2ccc(Br)cc2)CC1(F)F. The van der Waals surface area contributed by atoms with Crippen LogP contribution in [0.2, 0.25) is 0 Å². The molecule has 1 atom stereocenters. The predicted molar refractivity (Wildman–Crippen MR) is 51.1 cm³/mol. The molecule has 3 heteroatoms. The van der Waals surface area contributed by atoms with Gasteiger partial charge in [-0.2, -0.15) is 0 Å². The maximum atomic E-state index is 13.0. The molecule has 0 bridgehead atoms. The van der Waals surface area contributed by atoms with E-state index in [1.165, 1.54) is 0 Å². The Bertz CT molecular complexity index is 331. The number of hydrogen-bond donors (Lipinski definition) is 0. The molecule has 1 aliphatic carbocycles. The Morgan fingerprint density at radius 3 is 2.08 bits per heavy atom. The van der Waals surface area contributed by atoms with Crippen LogP contribution < -0.4 is 0 Å². The Hall–Kier alpha value is -0.440. The molecular formula is C10H9BrF2. The molecule has 0 aliphatic heterocycles. The van der Waals surface area contributed by atoms with Crippen LogP contribution in [0, 0.1) is 0 Å². The van der Waals surface area contributed by atoms with Gasteiger partial charge in [0, 0.05) is 10.9 Å². The van der Waals surface area contributed by atoms with E-state index in [9.17, 15) is 8.78 Å². The molecule has 1 aromatic carbocycles. The number of rotatable bonds is 1. The van der Waals surface area contributed by atoms with E-state index in [4.69, 9.17) is 0 Å². The van der Waals surface area contributed by atoms with Crippen molar-refractivity contribution < 1.29 is 8.78 Å². The Morgan fingerprint density at radius 1 is 1.23 bits per heavy atom. The average Bonchev–Trinajstić information content (AvgIpc) is 2.53. The molecular weight excluding hydrogens is 238 g/mol. The highest BCUT2D eigenvalue weighted by Crippen LogP contribution is 2.61. The van der Waals surface area contributed by atoms with Crippen LogP contribution in [0.4, 0.5) is 8.78 Å². The van der Waals surface area contributed by atoms with Crippen LogP contribution in [0.15, 0.2) is 28.7 Å². The van der Waals surface area contributed by atoms with Crippen LogP contribution in [-0.2, 0) is 5.41 Å². The van der Waals surface area contributed by atoms with Gasteiger partial charge >= 0.3 is 0 Å². The van der Waals surface area contributed by atoms with Gasteiger partial charge in [0.05, 0.1) is 5.41 Å². The standard InChI is InChI=1S/C10H9BrF2/c1-9(6-10(9,12)13)7-2-4-8(11)5-3-7/h2-5H,6H2,1H3. The zero-order chi connectivity index (χ0) is 9.69. The zero-order valence-electron chi connectivity index (χ0n) is 7.15. The van der Waals surface area contributed by atoms with Gasteiger partial charge in [-0.1, -0.05) is 28.1 Å². The normalized spacial score (nSPS) is 30.2. The lowest BCUT2D eigenvalue weighted by Crippen LogP contribution is -2.11. The molecule has 0 saturated heterocycles. The molecule has 0 N–H and O–H groups in total. The molecule has 0 aromatic heterocycles. The number of benzene rings is 1. The van der Waals surface area contributed by atoms with Gasteiger partial charge in [0.2, 0.25) is 0 Å². The van der Waals surface area contributed by atoms with Crippen molar-refractivity contribution in [1.29, 1.82) is 0 Å². The van der Waals surface area contributed by atoms with Gasteiger partial charge in [-0.25, -0.2) is 8.78 Å². The quantitative estimate of drug-likeness (QED) is 0.709. The second-order valence-corrected chi connectivity index (χ2v) is 4.64. The van der Waals surface area contributed by atoms with Crippen LogP contribution in [0.5, 0.6) is 0 Å². The monoisotopic (exact) mass is 246 g/mol. The number of hydrogen-bond acceptors (Lipinski definition) is 0. The first-order valence-electron chi connectivity index (χ1n) is 4.10. The fourth-order valence-corrected chi connectivity index (χ4v) is 1.80. The largest absolute Gasteiger partial charge is 0.258 e. The van der Waals surface area contributed by atoms with E-state index in [1.54, 1.807) is 31.2 Å². The van der Waals surface area contributed by atoms with Crippen molar-refractivity contribution >= 4 is 15.9 Å². The first-order chi connectivity index (χ1) is 5.96. The summed E-state index contributed by atoms with van der Waals surface area (Å²) < 4.78 is 26.8. The first-order valence-corrected chi connectivity index (χ1v) is 4.89. The lowest BCUT2D eigenvalue weighted by atomic mass is 9.98. The van der Waals surface area contributed by atoms with Gasteiger partial charge in [-0.05, 0) is 24.6 Å². The van der Waals surface area contributed by atoms with E-state index >= 15 is 0 Å². The molecule has 0 radical (unpaired) electrons. The molecule has 1 aromatic rings. The van der Waals surface area contributed by atoms with Crippen molar-refractivity contribution in [2.45, 2.75) is 24.7 Å². The van der Waals surface area contributed by atoms with Gasteiger partial charge in [0.15, 0.2) is 0 Å². The summed E-state index contributed by atoms with van der Waals surface area (Å²) in [5, 5.41) is 0. The molecule has 1 fully saturated rings. The third-order valence-corrected chi connectivity index (χ3v) is 3.27. The van der Waals surface area contributed by atoms with Gasteiger partial charge < -0.3 is 0 Å². The van der Waals surface area contributed by atoms with Crippen molar-refractivity contribution in [1.82, 2.24) is 0 Å². The van der Waals surface area contributed by atoms with Crippen LogP contribution in [-0.4, -0.2) is 5.92 Å². The summed E-state index contributed by atoms with van der Waals surface area (Å²) in [6.07, 6.45) is -0.0262. The highest BCUT2D eigenvalue weighted by atomic mass is 79.9. The molecule has 13 heavy (non-hydrogen) atoms. The third kappa shape index (κ3) is 1.30. The van der Waals surface area contributed by atoms with E-state index < -0.39 is 11.3 Å². The van der Waals surface area contributed by atoms with Crippen molar-refractivity contribution in [3.63, 3.8) is 0 Å². The Balaban J connectivity index is 2.34. The highest BCUT2D eigenvalue weighted by molar-refractivity contribution is 9.10. The molecule has 70 valence electrons. The van der Waals surface area contributed by atoms with E-state index in [0.29, 0.717) is 0 Å². The Kier molecular flexibility index (Phi) is 1.78. The van der Waals surface area contributed by atoms with Gasteiger partial charge in [-0.15, -0.1) is 0 Å².